The molecule has 0 aromatic carbocycles. The zero-order chi connectivity index (χ0) is 10.2. The van der Waals surface area contributed by atoms with Crippen molar-refractivity contribution in [2.75, 3.05) is 25.6 Å². The summed E-state index contributed by atoms with van der Waals surface area (Å²) in [4.78, 5) is 4.36. The fraction of sp³-hybridized carbons (Fsp3) is 0.778. The van der Waals surface area contributed by atoms with Crippen molar-refractivity contribution in [2.45, 2.75) is 26.2 Å². The SMILES string of the molecule is CCCNc1nc(CCCOC)ns1. The van der Waals surface area contributed by atoms with Gasteiger partial charge in [-0.25, -0.2) is 4.98 Å². The summed E-state index contributed by atoms with van der Waals surface area (Å²) in [5, 5.41) is 4.15. The van der Waals surface area contributed by atoms with Crippen molar-refractivity contribution in [2.24, 2.45) is 0 Å². The highest BCUT2D eigenvalue weighted by Crippen LogP contribution is 2.11. The van der Waals surface area contributed by atoms with Gasteiger partial charge in [0.2, 0.25) is 5.13 Å². The minimum absolute atomic E-state index is 0.775. The molecule has 0 amide bonds. The summed E-state index contributed by atoms with van der Waals surface area (Å²) >= 11 is 1.43. The maximum absolute atomic E-state index is 4.97. The summed E-state index contributed by atoms with van der Waals surface area (Å²) in [5.74, 6) is 0.922. The minimum atomic E-state index is 0.775. The molecule has 1 heterocycles. The van der Waals surface area contributed by atoms with Gasteiger partial charge in [-0.3, -0.25) is 0 Å². The molecule has 1 N–H and O–H groups in total. The number of hydrogen-bond acceptors (Lipinski definition) is 5. The normalized spacial score (nSPS) is 10.4. The summed E-state index contributed by atoms with van der Waals surface area (Å²) in [6, 6.07) is 0. The van der Waals surface area contributed by atoms with Crippen LogP contribution in [0.15, 0.2) is 0 Å². The molecule has 4 nitrogen and oxygen atoms in total. The average Bonchev–Trinajstić information content (AvgIpc) is 2.63. The van der Waals surface area contributed by atoms with Gasteiger partial charge in [0, 0.05) is 38.2 Å². The van der Waals surface area contributed by atoms with Gasteiger partial charge < -0.3 is 10.1 Å². The van der Waals surface area contributed by atoms with Gasteiger partial charge in [0.15, 0.2) is 0 Å². The fourth-order valence-electron chi connectivity index (χ4n) is 1.03. The number of ether oxygens (including phenoxy) is 1. The van der Waals surface area contributed by atoms with Gasteiger partial charge in [-0.05, 0) is 12.8 Å². The van der Waals surface area contributed by atoms with Gasteiger partial charge in [0.25, 0.3) is 0 Å². The van der Waals surface area contributed by atoms with Crippen molar-refractivity contribution >= 4 is 16.7 Å². The Labute approximate surface area is 88.9 Å². The minimum Gasteiger partial charge on any atom is -0.385 e. The summed E-state index contributed by atoms with van der Waals surface area (Å²) in [6.45, 7) is 3.87. The monoisotopic (exact) mass is 215 g/mol. The van der Waals surface area contributed by atoms with Crippen molar-refractivity contribution < 1.29 is 4.74 Å². The van der Waals surface area contributed by atoms with Crippen LogP contribution in [0.2, 0.25) is 0 Å². The Morgan fingerprint density at radius 1 is 1.50 bits per heavy atom. The van der Waals surface area contributed by atoms with E-state index in [0.717, 1.165) is 43.4 Å². The van der Waals surface area contributed by atoms with Gasteiger partial charge >= 0.3 is 0 Å². The topological polar surface area (TPSA) is 47.0 Å². The highest BCUT2D eigenvalue weighted by atomic mass is 32.1. The van der Waals surface area contributed by atoms with E-state index < -0.39 is 0 Å². The van der Waals surface area contributed by atoms with Gasteiger partial charge in [-0.1, -0.05) is 6.92 Å². The van der Waals surface area contributed by atoms with Crippen LogP contribution in [-0.4, -0.2) is 29.6 Å². The van der Waals surface area contributed by atoms with Crippen LogP contribution in [0.1, 0.15) is 25.6 Å². The third-order valence-electron chi connectivity index (χ3n) is 1.74. The average molecular weight is 215 g/mol. The van der Waals surface area contributed by atoms with E-state index in [4.69, 9.17) is 4.74 Å². The standard InChI is InChI=1S/C9H17N3OS/c1-3-6-10-9-11-8(12-14-9)5-4-7-13-2/h3-7H2,1-2H3,(H,10,11,12). The summed E-state index contributed by atoms with van der Waals surface area (Å²) < 4.78 is 9.22. The molecular formula is C9H17N3OS. The number of nitrogens with one attached hydrogen (secondary N) is 1. The van der Waals surface area contributed by atoms with Crippen LogP contribution < -0.4 is 5.32 Å². The van der Waals surface area contributed by atoms with Crippen molar-refractivity contribution in [1.82, 2.24) is 9.36 Å². The molecule has 0 aliphatic heterocycles. The Hall–Kier alpha value is -0.680. The number of methoxy groups -OCH3 is 1. The van der Waals surface area contributed by atoms with Crippen LogP contribution in [0.5, 0.6) is 0 Å². The van der Waals surface area contributed by atoms with Crippen LogP contribution in [0.4, 0.5) is 5.13 Å². The summed E-state index contributed by atoms with van der Waals surface area (Å²) in [5.41, 5.74) is 0. The highest BCUT2D eigenvalue weighted by molar-refractivity contribution is 7.09. The summed E-state index contributed by atoms with van der Waals surface area (Å²) in [6.07, 6.45) is 3.00. The Kier molecular flexibility index (Phi) is 5.47. The zero-order valence-electron chi connectivity index (χ0n) is 8.75. The molecule has 14 heavy (non-hydrogen) atoms. The first-order valence-corrected chi connectivity index (χ1v) is 5.69. The molecule has 80 valence electrons. The Balaban J connectivity index is 2.27. The predicted octanol–water partition coefficient (Wildman–Crippen LogP) is 1.94. The molecular weight excluding hydrogens is 198 g/mol. The maximum Gasteiger partial charge on any atom is 0.202 e. The van der Waals surface area contributed by atoms with E-state index in [0.29, 0.717) is 0 Å². The van der Waals surface area contributed by atoms with E-state index in [-0.39, 0.29) is 0 Å². The molecule has 1 rings (SSSR count). The molecule has 1 aromatic rings. The molecule has 0 aliphatic rings. The Morgan fingerprint density at radius 3 is 3.07 bits per heavy atom. The number of nitrogens with zero attached hydrogens (tertiary/aromatic N) is 2. The third kappa shape index (κ3) is 4.02. The van der Waals surface area contributed by atoms with E-state index in [9.17, 15) is 0 Å². The van der Waals surface area contributed by atoms with E-state index in [1.807, 2.05) is 0 Å². The number of rotatable bonds is 7. The smallest absolute Gasteiger partial charge is 0.202 e. The van der Waals surface area contributed by atoms with Crippen molar-refractivity contribution in [3.63, 3.8) is 0 Å². The number of anilines is 1. The lowest BCUT2D eigenvalue weighted by atomic mass is 10.3. The van der Waals surface area contributed by atoms with E-state index in [1.165, 1.54) is 11.5 Å². The van der Waals surface area contributed by atoms with Crippen molar-refractivity contribution in [1.29, 1.82) is 0 Å². The molecule has 5 heteroatoms. The van der Waals surface area contributed by atoms with Crippen LogP contribution in [0.25, 0.3) is 0 Å². The maximum atomic E-state index is 4.97. The second kappa shape index (κ2) is 6.73. The summed E-state index contributed by atoms with van der Waals surface area (Å²) in [7, 11) is 1.71. The molecule has 0 fully saturated rings. The van der Waals surface area contributed by atoms with Crippen LogP contribution in [0, 0.1) is 0 Å². The van der Waals surface area contributed by atoms with Crippen molar-refractivity contribution in [3.05, 3.63) is 5.82 Å². The van der Waals surface area contributed by atoms with Crippen LogP contribution >= 0.6 is 11.5 Å². The van der Waals surface area contributed by atoms with Crippen LogP contribution in [0.3, 0.4) is 0 Å². The van der Waals surface area contributed by atoms with Gasteiger partial charge in [-0.15, -0.1) is 0 Å². The van der Waals surface area contributed by atoms with Gasteiger partial charge in [-0.2, -0.15) is 4.37 Å². The highest BCUT2D eigenvalue weighted by Gasteiger charge is 2.02. The third-order valence-corrected chi connectivity index (χ3v) is 2.45. The first-order valence-electron chi connectivity index (χ1n) is 4.92. The van der Waals surface area contributed by atoms with E-state index in [2.05, 4.69) is 21.6 Å². The molecule has 0 saturated carbocycles. The molecule has 0 saturated heterocycles. The van der Waals surface area contributed by atoms with Gasteiger partial charge in [0.1, 0.15) is 5.82 Å². The molecule has 0 radical (unpaired) electrons. The second-order valence-corrected chi connectivity index (χ2v) is 3.79. The number of aromatic nitrogens is 2. The second-order valence-electron chi connectivity index (χ2n) is 3.04. The Morgan fingerprint density at radius 2 is 2.36 bits per heavy atom. The molecule has 1 aromatic heterocycles. The molecule has 0 unspecified atom stereocenters. The van der Waals surface area contributed by atoms with E-state index in [1.54, 1.807) is 7.11 Å². The zero-order valence-corrected chi connectivity index (χ0v) is 9.56. The molecule has 0 bridgehead atoms. The lowest BCUT2D eigenvalue weighted by Gasteiger charge is -1.96. The Bertz CT molecular complexity index is 252. The van der Waals surface area contributed by atoms with Crippen LogP contribution in [-0.2, 0) is 11.2 Å². The van der Waals surface area contributed by atoms with Gasteiger partial charge in [0.05, 0.1) is 0 Å². The predicted molar refractivity (Wildman–Crippen MR) is 58.9 cm³/mol. The van der Waals surface area contributed by atoms with Crippen molar-refractivity contribution in [3.8, 4) is 0 Å². The first-order chi connectivity index (χ1) is 6.86. The lowest BCUT2D eigenvalue weighted by Crippen LogP contribution is -1.99. The number of hydrogen-bond donors (Lipinski definition) is 1. The molecule has 0 atom stereocenters. The first kappa shape index (κ1) is 11.4. The number of aryl methyl sites for hydroxylation is 1. The molecule has 0 aliphatic carbocycles. The molecule has 0 spiro atoms. The lowest BCUT2D eigenvalue weighted by molar-refractivity contribution is 0.194. The largest absolute Gasteiger partial charge is 0.385 e. The fourth-order valence-corrected chi connectivity index (χ4v) is 1.67. The quantitative estimate of drug-likeness (QED) is 0.706. The van der Waals surface area contributed by atoms with E-state index >= 15 is 0 Å².